The van der Waals surface area contributed by atoms with Gasteiger partial charge in [0.2, 0.25) is 5.78 Å². The zero-order chi connectivity index (χ0) is 19.4. The molecule has 0 unspecified atom stereocenters. The molecule has 0 atom stereocenters. The fourth-order valence-electron chi connectivity index (χ4n) is 2.62. The Morgan fingerprint density at radius 3 is 2.00 bits per heavy atom. The summed E-state index contributed by atoms with van der Waals surface area (Å²) in [5.41, 5.74) is 4.39. The van der Waals surface area contributed by atoms with Crippen LogP contribution in [0.4, 0.5) is 17.1 Å². The van der Waals surface area contributed by atoms with Gasteiger partial charge < -0.3 is 0 Å². The number of nitrogens with zero attached hydrogens (tertiary/aromatic N) is 3. The number of ketones is 1. The average molecular weight is 378 g/mol. The van der Waals surface area contributed by atoms with Gasteiger partial charge in [-0.05, 0) is 60.9 Å². The minimum atomic E-state index is -0.111. The van der Waals surface area contributed by atoms with E-state index in [-0.39, 0.29) is 16.7 Å². The summed E-state index contributed by atoms with van der Waals surface area (Å²) >= 11 is 6.22. The van der Waals surface area contributed by atoms with Gasteiger partial charge in [0, 0.05) is 5.57 Å². The van der Waals surface area contributed by atoms with Crippen molar-refractivity contribution in [3.63, 3.8) is 0 Å². The zero-order valence-electron chi connectivity index (χ0n) is 15.5. The summed E-state index contributed by atoms with van der Waals surface area (Å²) in [7, 11) is 0. The Hall–Kier alpha value is -2.85. The predicted octanol–water partition coefficient (Wildman–Crippen LogP) is 6.85. The van der Waals surface area contributed by atoms with Gasteiger partial charge in [0.15, 0.2) is 0 Å². The summed E-state index contributed by atoms with van der Waals surface area (Å²) in [6.45, 7) is 5.76. The molecule has 0 radical (unpaired) electrons. The van der Waals surface area contributed by atoms with Crippen LogP contribution >= 0.6 is 11.6 Å². The van der Waals surface area contributed by atoms with E-state index in [1.54, 1.807) is 0 Å². The van der Waals surface area contributed by atoms with Gasteiger partial charge in [-0.25, -0.2) is 4.99 Å². The molecule has 0 heterocycles. The van der Waals surface area contributed by atoms with Crippen molar-refractivity contribution < 1.29 is 4.79 Å². The number of rotatable bonds is 4. The number of aliphatic imine (C=N–C) groups is 1. The van der Waals surface area contributed by atoms with Gasteiger partial charge in [-0.15, -0.1) is 0 Å². The lowest BCUT2D eigenvalue weighted by molar-refractivity contribution is -0.112. The molecule has 0 amide bonds. The topological polar surface area (TPSA) is 54.1 Å². The molecule has 0 spiro atoms. The molecule has 0 fully saturated rings. The van der Waals surface area contributed by atoms with Gasteiger partial charge in [-0.2, -0.15) is 10.2 Å². The first-order valence-corrected chi connectivity index (χ1v) is 9.12. The number of Topliss-reactive ketones (excluding diaryl/α,β-unsaturated/α-hetero) is 1. The van der Waals surface area contributed by atoms with E-state index in [0.29, 0.717) is 16.9 Å². The van der Waals surface area contributed by atoms with Crippen LogP contribution in [0, 0.1) is 5.92 Å². The molecule has 4 nitrogen and oxygen atoms in total. The van der Waals surface area contributed by atoms with Gasteiger partial charge >= 0.3 is 0 Å². The van der Waals surface area contributed by atoms with Gasteiger partial charge in [0.1, 0.15) is 0 Å². The molecular weight excluding hydrogens is 358 g/mol. The van der Waals surface area contributed by atoms with Crippen LogP contribution < -0.4 is 0 Å². The van der Waals surface area contributed by atoms with E-state index < -0.39 is 0 Å². The van der Waals surface area contributed by atoms with Crippen molar-refractivity contribution in [3.05, 3.63) is 76.9 Å². The van der Waals surface area contributed by atoms with E-state index in [1.165, 1.54) is 0 Å². The first-order valence-electron chi connectivity index (χ1n) is 8.74. The van der Waals surface area contributed by atoms with Crippen LogP contribution in [0.1, 0.15) is 20.8 Å². The van der Waals surface area contributed by atoms with Gasteiger partial charge in [0.25, 0.3) is 0 Å². The standard InChI is InChI=1S/C22H20ClN3O/c1-14(2)19-13-20(15(3)21(23)22(19)27)24-16-9-11-18(12-10-16)26-25-17-7-5-4-6-8-17/h4-14H,1-3H3. The number of hydrogen-bond acceptors (Lipinski definition) is 4. The van der Waals surface area contributed by atoms with E-state index in [1.807, 2.05) is 81.4 Å². The molecule has 1 aliphatic rings. The third kappa shape index (κ3) is 4.47. The van der Waals surface area contributed by atoms with Gasteiger partial charge in [-0.3, -0.25) is 4.79 Å². The van der Waals surface area contributed by atoms with Crippen molar-refractivity contribution in [1.29, 1.82) is 0 Å². The van der Waals surface area contributed by atoms with E-state index in [4.69, 9.17) is 11.6 Å². The number of azo groups is 1. The van der Waals surface area contributed by atoms with Crippen molar-refractivity contribution >= 4 is 40.2 Å². The smallest absolute Gasteiger partial charge is 0.201 e. The van der Waals surface area contributed by atoms with Crippen molar-refractivity contribution in [2.24, 2.45) is 21.1 Å². The van der Waals surface area contributed by atoms with E-state index in [2.05, 4.69) is 15.2 Å². The van der Waals surface area contributed by atoms with Gasteiger partial charge in [-0.1, -0.05) is 43.6 Å². The molecule has 0 saturated heterocycles. The Bertz CT molecular complexity index is 968. The highest BCUT2D eigenvalue weighted by atomic mass is 35.5. The molecular formula is C22H20ClN3O. The first kappa shape index (κ1) is 18.9. The van der Waals surface area contributed by atoms with E-state index in [9.17, 15) is 4.79 Å². The van der Waals surface area contributed by atoms with Gasteiger partial charge in [0.05, 0.1) is 27.8 Å². The maximum Gasteiger partial charge on any atom is 0.201 e. The van der Waals surface area contributed by atoms with Crippen LogP contribution in [-0.4, -0.2) is 11.5 Å². The summed E-state index contributed by atoms with van der Waals surface area (Å²) in [6, 6.07) is 17.0. The normalized spacial score (nSPS) is 16.6. The molecule has 0 saturated carbocycles. The summed E-state index contributed by atoms with van der Waals surface area (Å²) in [5.74, 6) is -0.0230. The molecule has 27 heavy (non-hydrogen) atoms. The molecule has 3 rings (SSSR count). The van der Waals surface area contributed by atoms with Crippen LogP contribution in [0.25, 0.3) is 0 Å². The molecule has 5 heteroatoms. The Balaban J connectivity index is 1.85. The predicted molar refractivity (Wildman–Crippen MR) is 111 cm³/mol. The number of hydrogen-bond donors (Lipinski definition) is 0. The van der Waals surface area contributed by atoms with Crippen molar-refractivity contribution in [2.45, 2.75) is 20.8 Å². The Morgan fingerprint density at radius 2 is 1.41 bits per heavy atom. The number of carbonyl (C=O) groups is 1. The van der Waals surface area contributed by atoms with Crippen molar-refractivity contribution in [1.82, 2.24) is 0 Å². The molecule has 0 N–H and O–H groups in total. The highest BCUT2D eigenvalue weighted by Gasteiger charge is 2.25. The van der Waals surface area contributed by atoms with E-state index in [0.717, 1.165) is 17.1 Å². The SMILES string of the molecule is CC1=C(Cl)C(=O)C(C(C)C)=CC1=Nc1ccc(N=Nc2ccccc2)cc1. The lowest BCUT2D eigenvalue weighted by Crippen LogP contribution is -2.18. The Morgan fingerprint density at radius 1 is 0.852 bits per heavy atom. The highest BCUT2D eigenvalue weighted by Crippen LogP contribution is 2.29. The van der Waals surface area contributed by atoms with Crippen LogP contribution in [0.3, 0.4) is 0 Å². The Labute approximate surface area is 164 Å². The average Bonchev–Trinajstić information content (AvgIpc) is 2.68. The molecule has 136 valence electrons. The maximum atomic E-state index is 12.3. The maximum absolute atomic E-state index is 12.3. The lowest BCUT2D eigenvalue weighted by atomic mass is 9.90. The third-order valence-corrected chi connectivity index (χ3v) is 4.68. The molecule has 0 bridgehead atoms. The number of halogens is 1. The van der Waals surface area contributed by atoms with Crippen molar-refractivity contribution in [3.8, 4) is 0 Å². The third-order valence-electron chi connectivity index (χ3n) is 4.23. The van der Waals surface area contributed by atoms with E-state index >= 15 is 0 Å². The first-order chi connectivity index (χ1) is 13.0. The molecule has 0 aromatic heterocycles. The number of allylic oxidation sites excluding steroid dienone is 4. The summed E-state index contributed by atoms with van der Waals surface area (Å²) in [4.78, 5) is 16.9. The Kier molecular flexibility index (Phi) is 5.77. The highest BCUT2D eigenvalue weighted by molar-refractivity contribution is 6.49. The number of benzene rings is 2. The minimum absolute atomic E-state index is 0.0883. The lowest BCUT2D eigenvalue weighted by Gasteiger charge is -2.18. The van der Waals surface area contributed by atoms with Crippen LogP contribution in [-0.2, 0) is 4.79 Å². The summed E-state index contributed by atoms with van der Waals surface area (Å²) in [6.07, 6.45) is 1.83. The molecule has 2 aromatic carbocycles. The van der Waals surface area contributed by atoms with Crippen LogP contribution in [0.2, 0.25) is 0 Å². The minimum Gasteiger partial charge on any atom is -0.288 e. The largest absolute Gasteiger partial charge is 0.288 e. The fourth-order valence-corrected chi connectivity index (χ4v) is 2.82. The summed E-state index contributed by atoms with van der Waals surface area (Å²) < 4.78 is 0. The summed E-state index contributed by atoms with van der Waals surface area (Å²) in [5, 5.41) is 8.67. The molecule has 1 aliphatic carbocycles. The second-order valence-electron chi connectivity index (χ2n) is 6.57. The monoisotopic (exact) mass is 377 g/mol. The number of carbonyl (C=O) groups excluding carboxylic acids is 1. The second-order valence-corrected chi connectivity index (χ2v) is 6.95. The van der Waals surface area contributed by atoms with Crippen molar-refractivity contribution in [2.75, 3.05) is 0 Å². The van der Waals surface area contributed by atoms with Crippen LogP contribution in [0.15, 0.2) is 92.1 Å². The molecule has 0 aliphatic heterocycles. The second kappa shape index (κ2) is 8.23. The fraction of sp³-hybridized carbons (Fsp3) is 0.182. The molecule has 2 aromatic rings. The quantitative estimate of drug-likeness (QED) is 0.424. The van der Waals surface area contributed by atoms with Crippen LogP contribution in [0.5, 0.6) is 0 Å². The zero-order valence-corrected chi connectivity index (χ0v) is 16.2.